The van der Waals surface area contributed by atoms with E-state index in [1.807, 2.05) is 13.8 Å². The molecule has 0 aromatic carbocycles. The summed E-state index contributed by atoms with van der Waals surface area (Å²) in [5, 5.41) is 6.11. The van der Waals surface area contributed by atoms with Crippen LogP contribution in [0.15, 0.2) is 0 Å². The molecule has 1 saturated heterocycles. The second-order valence-electron chi connectivity index (χ2n) is 5.01. The zero-order valence-electron chi connectivity index (χ0n) is 12.3. The van der Waals surface area contributed by atoms with Gasteiger partial charge >= 0.3 is 0 Å². The number of halogens is 1. The van der Waals surface area contributed by atoms with Crippen molar-refractivity contribution < 1.29 is 9.59 Å². The largest absolute Gasteiger partial charge is 0.344 e. The summed E-state index contributed by atoms with van der Waals surface area (Å²) in [6.45, 7) is 7.18. The highest BCUT2D eigenvalue weighted by molar-refractivity contribution is 5.92. The Bertz CT molecular complexity index is 317. The van der Waals surface area contributed by atoms with Crippen molar-refractivity contribution in [1.29, 1.82) is 0 Å². The van der Waals surface area contributed by atoms with Crippen molar-refractivity contribution in [3.63, 3.8) is 0 Å². The first-order valence-corrected chi connectivity index (χ1v) is 6.77. The molecule has 1 aliphatic rings. The van der Waals surface area contributed by atoms with Gasteiger partial charge in [0, 0.05) is 13.6 Å². The van der Waals surface area contributed by atoms with Gasteiger partial charge in [0.2, 0.25) is 11.8 Å². The molecule has 19 heavy (non-hydrogen) atoms. The zero-order valence-corrected chi connectivity index (χ0v) is 13.1. The number of hydrogen-bond donors (Lipinski definition) is 2. The topological polar surface area (TPSA) is 61.4 Å². The van der Waals surface area contributed by atoms with Gasteiger partial charge in [0.05, 0.1) is 5.54 Å². The van der Waals surface area contributed by atoms with E-state index in [1.165, 1.54) is 0 Å². The van der Waals surface area contributed by atoms with Gasteiger partial charge in [0.15, 0.2) is 0 Å². The van der Waals surface area contributed by atoms with E-state index >= 15 is 0 Å². The first kappa shape index (κ1) is 18.2. The lowest BCUT2D eigenvalue weighted by Crippen LogP contribution is -2.57. The smallest absolute Gasteiger partial charge is 0.244 e. The maximum Gasteiger partial charge on any atom is 0.244 e. The summed E-state index contributed by atoms with van der Waals surface area (Å²) >= 11 is 0. The summed E-state index contributed by atoms with van der Waals surface area (Å²) < 4.78 is 0. The van der Waals surface area contributed by atoms with Gasteiger partial charge in [-0.25, -0.2) is 0 Å². The van der Waals surface area contributed by atoms with E-state index in [0.717, 1.165) is 25.8 Å². The number of carbonyl (C=O) groups is 2. The number of nitrogens with one attached hydrogen (secondary N) is 2. The molecular formula is C13H26ClN3O2. The zero-order chi connectivity index (χ0) is 13.8. The summed E-state index contributed by atoms with van der Waals surface area (Å²) in [6.07, 6.45) is 2.61. The molecule has 112 valence electrons. The fourth-order valence-electron chi connectivity index (χ4n) is 2.35. The van der Waals surface area contributed by atoms with Gasteiger partial charge in [-0.15, -0.1) is 12.4 Å². The van der Waals surface area contributed by atoms with Crippen LogP contribution in [0, 0.1) is 0 Å². The lowest BCUT2D eigenvalue weighted by Gasteiger charge is -2.29. The molecule has 1 heterocycles. The molecule has 0 bridgehead atoms. The van der Waals surface area contributed by atoms with E-state index in [0.29, 0.717) is 6.54 Å². The maximum absolute atomic E-state index is 12.3. The molecule has 1 rings (SSSR count). The number of hydrogen-bond acceptors (Lipinski definition) is 3. The highest BCUT2D eigenvalue weighted by atomic mass is 35.5. The number of carbonyl (C=O) groups excluding carboxylic acids is 2. The number of rotatable bonds is 5. The molecule has 0 aliphatic carbocycles. The number of amides is 2. The predicted octanol–water partition coefficient (Wildman–Crippen LogP) is 0.923. The fraction of sp³-hybridized carbons (Fsp3) is 0.846. The third kappa shape index (κ3) is 4.08. The highest BCUT2D eigenvalue weighted by Crippen LogP contribution is 2.23. The van der Waals surface area contributed by atoms with E-state index in [2.05, 4.69) is 10.6 Å². The Kier molecular flexibility index (Phi) is 7.37. The lowest BCUT2D eigenvalue weighted by atomic mass is 9.93. The Morgan fingerprint density at radius 3 is 2.47 bits per heavy atom. The number of likely N-dealkylation sites (N-methyl/N-ethyl adjacent to an activating group) is 1. The van der Waals surface area contributed by atoms with Crippen LogP contribution in [0.3, 0.4) is 0 Å². The molecule has 2 atom stereocenters. The van der Waals surface area contributed by atoms with Crippen LogP contribution in [-0.4, -0.2) is 48.4 Å². The molecular weight excluding hydrogens is 266 g/mol. The second kappa shape index (κ2) is 7.70. The quantitative estimate of drug-likeness (QED) is 0.792. The second-order valence-corrected chi connectivity index (χ2v) is 5.01. The van der Waals surface area contributed by atoms with E-state index in [4.69, 9.17) is 0 Å². The minimum atomic E-state index is -0.473. The molecule has 0 saturated carbocycles. The monoisotopic (exact) mass is 291 g/mol. The molecule has 2 amide bonds. The minimum absolute atomic E-state index is 0. The molecule has 1 aliphatic heterocycles. The molecule has 5 nitrogen and oxygen atoms in total. The summed E-state index contributed by atoms with van der Waals surface area (Å²) in [7, 11) is 1.74. The first-order chi connectivity index (χ1) is 8.46. The average molecular weight is 292 g/mol. The fourth-order valence-corrected chi connectivity index (χ4v) is 2.35. The van der Waals surface area contributed by atoms with Crippen molar-refractivity contribution in [1.82, 2.24) is 15.5 Å². The van der Waals surface area contributed by atoms with E-state index in [9.17, 15) is 9.59 Å². The van der Waals surface area contributed by atoms with Crippen molar-refractivity contribution in [2.24, 2.45) is 0 Å². The summed E-state index contributed by atoms with van der Waals surface area (Å²) in [4.78, 5) is 25.8. The van der Waals surface area contributed by atoms with Crippen LogP contribution in [0.4, 0.5) is 0 Å². The third-order valence-electron chi connectivity index (χ3n) is 3.85. The van der Waals surface area contributed by atoms with Crippen molar-refractivity contribution in [2.75, 3.05) is 20.1 Å². The Morgan fingerprint density at radius 1 is 1.42 bits per heavy atom. The van der Waals surface area contributed by atoms with E-state index in [-0.39, 0.29) is 24.2 Å². The van der Waals surface area contributed by atoms with Crippen LogP contribution in [0.1, 0.15) is 40.0 Å². The normalized spacial score (nSPS) is 23.4. The summed E-state index contributed by atoms with van der Waals surface area (Å²) in [6, 6.07) is -0.465. The first-order valence-electron chi connectivity index (χ1n) is 6.77. The van der Waals surface area contributed by atoms with Crippen molar-refractivity contribution >= 4 is 24.2 Å². The molecule has 1 fully saturated rings. The Balaban J connectivity index is 0.00000324. The van der Waals surface area contributed by atoms with Crippen LogP contribution in [-0.2, 0) is 9.59 Å². The van der Waals surface area contributed by atoms with Crippen molar-refractivity contribution in [3.8, 4) is 0 Å². The van der Waals surface area contributed by atoms with Crippen molar-refractivity contribution in [3.05, 3.63) is 0 Å². The lowest BCUT2D eigenvalue weighted by molar-refractivity contribution is -0.136. The predicted molar refractivity (Wildman–Crippen MR) is 78.4 cm³/mol. The molecule has 0 spiro atoms. The third-order valence-corrected chi connectivity index (χ3v) is 3.85. The van der Waals surface area contributed by atoms with Crippen LogP contribution in [0.2, 0.25) is 0 Å². The van der Waals surface area contributed by atoms with E-state index in [1.54, 1.807) is 18.9 Å². The van der Waals surface area contributed by atoms with E-state index < -0.39 is 11.6 Å². The standard InChI is InChI=1S/C13H25N3O2.ClH/c1-5-13(8-7-9-14-13)12(18)15-10(3)11(17)16(4)6-2;/h10,14H,5-9H2,1-4H3,(H,15,18);1H. The van der Waals surface area contributed by atoms with Crippen LogP contribution >= 0.6 is 12.4 Å². The molecule has 0 radical (unpaired) electrons. The molecule has 2 unspecified atom stereocenters. The molecule has 0 aromatic rings. The van der Waals surface area contributed by atoms with Gasteiger partial charge < -0.3 is 15.5 Å². The van der Waals surface area contributed by atoms with Crippen molar-refractivity contribution in [2.45, 2.75) is 51.6 Å². The van der Waals surface area contributed by atoms with Gasteiger partial charge in [-0.05, 0) is 39.7 Å². The average Bonchev–Trinajstić information content (AvgIpc) is 2.86. The van der Waals surface area contributed by atoms with Gasteiger partial charge in [-0.2, -0.15) is 0 Å². The number of nitrogens with zero attached hydrogens (tertiary/aromatic N) is 1. The summed E-state index contributed by atoms with van der Waals surface area (Å²) in [5.74, 6) is -0.0945. The highest BCUT2D eigenvalue weighted by Gasteiger charge is 2.40. The van der Waals surface area contributed by atoms with Gasteiger partial charge in [0.25, 0.3) is 0 Å². The van der Waals surface area contributed by atoms with Crippen LogP contribution in [0.25, 0.3) is 0 Å². The Morgan fingerprint density at radius 2 is 2.05 bits per heavy atom. The minimum Gasteiger partial charge on any atom is -0.344 e. The molecule has 2 N–H and O–H groups in total. The molecule has 6 heteroatoms. The van der Waals surface area contributed by atoms with Gasteiger partial charge in [0.1, 0.15) is 6.04 Å². The van der Waals surface area contributed by atoms with Crippen LogP contribution < -0.4 is 10.6 Å². The van der Waals surface area contributed by atoms with Gasteiger partial charge in [-0.3, -0.25) is 9.59 Å². The Hall–Kier alpha value is -0.810. The maximum atomic E-state index is 12.3. The van der Waals surface area contributed by atoms with Gasteiger partial charge in [-0.1, -0.05) is 6.92 Å². The summed E-state index contributed by atoms with van der Waals surface area (Å²) in [5.41, 5.74) is -0.473. The molecule has 0 aromatic heterocycles. The SMILES string of the molecule is CCN(C)C(=O)C(C)NC(=O)C1(CC)CCCN1.Cl. The van der Waals surface area contributed by atoms with Crippen LogP contribution in [0.5, 0.6) is 0 Å². The Labute approximate surface area is 121 Å².